The molecule has 0 amide bonds. The molecule has 18 heavy (non-hydrogen) atoms. The number of thioether (sulfide) groups is 1. The van der Waals surface area contributed by atoms with Crippen molar-refractivity contribution in [1.82, 2.24) is 4.98 Å². The normalized spacial score (nSPS) is 17.2. The zero-order chi connectivity index (χ0) is 12.4. The van der Waals surface area contributed by atoms with Crippen LogP contribution in [0.25, 0.3) is 10.6 Å². The van der Waals surface area contributed by atoms with Gasteiger partial charge in [0.05, 0.1) is 9.90 Å². The van der Waals surface area contributed by atoms with Crippen molar-refractivity contribution >= 4 is 34.4 Å². The highest BCUT2D eigenvalue weighted by molar-refractivity contribution is 8.00. The Kier molecular flexibility index (Phi) is 4.07. The first kappa shape index (κ1) is 12.7. The summed E-state index contributed by atoms with van der Waals surface area (Å²) in [5.74, 6) is 0.722. The first-order chi connectivity index (χ1) is 8.88. The maximum Gasteiger partial charge on any atom is 0.125 e. The summed E-state index contributed by atoms with van der Waals surface area (Å²) in [6.45, 7) is 0. The Bertz CT molecular complexity index is 509. The zero-order valence-corrected chi connectivity index (χ0v) is 13.0. The predicted octanol–water partition coefficient (Wildman–Crippen LogP) is 5.64. The van der Waals surface area contributed by atoms with Crippen LogP contribution in [-0.2, 0) is 0 Å². The second kappa shape index (κ2) is 5.76. The van der Waals surface area contributed by atoms with Gasteiger partial charge in [-0.05, 0) is 30.5 Å². The van der Waals surface area contributed by atoms with Crippen LogP contribution in [-0.4, -0.2) is 11.2 Å². The van der Waals surface area contributed by atoms with Gasteiger partial charge in [-0.25, -0.2) is 4.98 Å². The highest BCUT2D eigenvalue weighted by Gasteiger charge is 2.19. The molecule has 0 unspecified atom stereocenters. The van der Waals surface area contributed by atoms with Crippen LogP contribution in [0.5, 0.6) is 0 Å². The number of thiazole rings is 1. The smallest absolute Gasteiger partial charge is 0.125 e. The average molecular weight is 295 g/mol. The molecule has 0 radical (unpaired) electrons. The van der Waals surface area contributed by atoms with E-state index in [-0.39, 0.29) is 0 Å². The van der Waals surface area contributed by atoms with Crippen LogP contribution in [0.3, 0.4) is 0 Å². The van der Waals surface area contributed by atoms with Crippen molar-refractivity contribution in [3.8, 4) is 10.6 Å². The monoisotopic (exact) mass is 295 g/mol. The molecule has 0 N–H and O–H groups in total. The summed E-state index contributed by atoms with van der Waals surface area (Å²) < 4.78 is 1.39. The van der Waals surface area contributed by atoms with Crippen molar-refractivity contribution in [3.05, 3.63) is 22.5 Å². The topological polar surface area (TPSA) is 12.9 Å². The van der Waals surface area contributed by atoms with Gasteiger partial charge >= 0.3 is 0 Å². The van der Waals surface area contributed by atoms with Gasteiger partial charge in [0, 0.05) is 16.9 Å². The third kappa shape index (κ3) is 2.51. The molecule has 2 aromatic heterocycles. The fourth-order valence-electron chi connectivity index (χ4n) is 2.61. The second-order valence-electron chi connectivity index (χ2n) is 4.74. The van der Waals surface area contributed by atoms with E-state index in [2.05, 4.69) is 23.1 Å². The van der Waals surface area contributed by atoms with Gasteiger partial charge in [-0.15, -0.1) is 34.4 Å². The minimum atomic E-state index is 0.722. The van der Waals surface area contributed by atoms with Crippen LogP contribution in [0.2, 0.25) is 0 Å². The quantitative estimate of drug-likeness (QED) is 0.679. The number of hydrogen-bond acceptors (Lipinski definition) is 4. The second-order valence-corrected chi connectivity index (χ2v) is 7.59. The fourth-order valence-corrected chi connectivity index (χ4v) is 5.23. The molecular weight excluding hydrogens is 278 g/mol. The van der Waals surface area contributed by atoms with Gasteiger partial charge in [0.15, 0.2) is 0 Å². The average Bonchev–Trinajstić information content (AvgIpc) is 3.08. The lowest BCUT2D eigenvalue weighted by atomic mass is 9.87. The summed E-state index contributed by atoms with van der Waals surface area (Å²) in [4.78, 5) is 4.90. The first-order valence-electron chi connectivity index (χ1n) is 6.46. The maximum absolute atomic E-state index is 4.90. The minimum absolute atomic E-state index is 0.722. The summed E-state index contributed by atoms with van der Waals surface area (Å²) >= 11 is 5.46. The van der Waals surface area contributed by atoms with E-state index in [0.717, 1.165) is 5.92 Å². The molecule has 0 bridgehead atoms. The molecule has 2 heterocycles. The molecule has 0 atom stereocenters. The third-order valence-electron chi connectivity index (χ3n) is 3.59. The summed E-state index contributed by atoms with van der Waals surface area (Å²) in [6, 6.07) is 2.21. The van der Waals surface area contributed by atoms with E-state index >= 15 is 0 Å². The molecular formula is C14H17NS3. The molecule has 1 fully saturated rings. The highest BCUT2D eigenvalue weighted by Crippen LogP contribution is 2.39. The Morgan fingerprint density at radius 3 is 2.83 bits per heavy atom. The van der Waals surface area contributed by atoms with E-state index in [0.29, 0.717) is 0 Å². The highest BCUT2D eigenvalue weighted by atomic mass is 32.2. The summed E-state index contributed by atoms with van der Waals surface area (Å²) in [6.07, 6.45) is 8.99. The summed E-state index contributed by atoms with van der Waals surface area (Å²) in [5.41, 5.74) is 2.67. The van der Waals surface area contributed by atoms with E-state index in [1.165, 1.54) is 52.6 Å². The van der Waals surface area contributed by atoms with Gasteiger partial charge in [0.1, 0.15) is 5.01 Å². The number of hydrogen-bond donors (Lipinski definition) is 0. The van der Waals surface area contributed by atoms with Crippen LogP contribution < -0.4 is 0 Å². The van der Waals surface area contributed by atoms with Crippen LogP contribution >= 0.6 is 34.4 Å². The van der Waals surface area contributed by atoms with Crippen molar-refractivity contribution in [2.45, 2.75) is 42.2 Å². The van der Waals surface area contributed by atoms with E-state index in [1.807, 2.05) is 34.4 Å². The Hall–Kier alpha value is -0.320. The summed E-state index contributed by atoms with van der Waals surface area (Å²) in [5, 5.41) is 5.66. The van der Waals surface area contributed by atoms with Gasteiger partial charge in [0.2, 0.25) is 0 Å². The molecule has 4 heteroatoms. The number of thiophene rings is 1. The molecule has 96 valence electrons. The number of rotatable bonds is 3. The van der Waals surface area contributed by atoms with E-state index in [4.69, 9.17) is 4.98 Å². The minimum Gasteiger partial charge on any atom is -0.241 e. The zero-order valence-electron chi connectivity index (χ0n) is 10.5. The summed E-state index contributed by atoms with van der Waals surface area (Å²) in [7, 11) is 0. The molecule has 2 aromatic rings. The van der Waals surface area contributed by atoms with Crippen molar-refractivity contribution in [1.29, 1.82) is 0 Å². The van der Waals surface area contributed by atoms with E-state index in [9.17, 15) is 0 Å². The lowest BCUT2D eigenvalue weighted by Crippen LogP contribution is -2.04. The Balaban J connectivity index is 1.84. The van der Waals surface area contributed by atoms with Crippen LogP contribution in [0.4, 0.5) is 0 Å². The number of nitrogens with zero attached hydrogens (tertiary/aromatic N) is 1. The van der Waals surface area contributed by atoms with Crippen molar-refractivity contribution < 1.29 is 0 Å². The molecule has 0 aliphatic heterocycles. The molecule has 1 aliphatic carbocycles. The van der Waals surface area contributed by atoms with Crippen molar-refractivity contribution in [3.63, 3.8) is 0 Å². The Labute approximate surface area is 121 Å². The largest absolute Gasteiger partial charge is 0.241 e. The van der Waals surface area contributed by atoms with Gasteiger partial charge in [-0.3, -0.25) is 0 Å². The van der Waals surface area contributed by atoms with Crippen molar-refractivity contribution in [2.24, 2.45) is 0 Å². The Morgan fingerprint density at radius 1 is 1.22 bits per heavy atom. The third-order valence-corrected chi connectivity index (χ3v) is 6.57. The fraction of sp³-hybridized carbons (Fsp3) is 0.500. The van der Waals surface area contributed by atoms with Crippen molar-refractivity contribution in [2.75, 3.05) is 6.26 Å². The molecule has 0 aromatic carbocycles. The van der Waals surface area contributed by atoms with E-state index in [1.54, 1.807) is 0 Å². The lowest BCUT2D eigenvalue weighted by Gasteiger charge is -2.19. The van der Waals surface area contributed by atoms with Gasteiger partial charge < -0.3 is 0 Å². The molecule has 3 rings (SSSR count). The van der Waals surface area contributed by atoms with Crippen LogP contribution in [0.15, 0.2) is 21.0 Å². The van der Waals surface area contributed by atoms with Gasteiger partial charge in [-0.1, -0.05) is 19.3 Å². The van der Waals surface area contributed by atoms with Crippen LogP contribution in [0, 0.1) is 0 Å². The molecule has 0 spiro atoms. The standard InChI is InChI=1S/C14H17NS3/c1-16-14-11(7-8-17-14)13-15-12(9-18-13)10-5-3-2-4-6-10/h7-10H,2-6H2,1H3. The maximum atomic E-state index is 4.90. The Morgan fingerprint density at radius 2 is 2.06 bits per heavy atom. The van der Waals surface area contributed by atoms with E-state index < -0.39 is 0 Å². The molecule has 1 aliphatic rings. The van der Waals surface area contributed by atoms with Crippen LogP contribution in [0.1, 0.15) is 43.7 Å². The number of aromatic nitrogens is 1. The molecule has 1 nitrogen and oxygen atoms in total. The molecule has 0 saturated heterocycles. The van der Waals surface area contributed by atoms with Gasteiger partial charge in [-0.2, -0.15) is 0 Å². The lowest BCUT2D eigenvalue weighted by molar-refractivity contribution is 0.438. The predicted molar refractivity (Wildman–Crippen MR) is 83.0 cm³/mol. The first-order valence-corrected chi connectivity index (χ1v) is 9.44. The SMILES string of the molecule is CSc1sccc1-c1nc(C2CCCCC2)cs1. The van der Waals surface area contributed by atoms with Gasteiger partial charge in [0.25, 0.3) is 0 Å². The molecule has 1 saturated carbocycles.